The number of rotatable bonds is 4. The van der Waals surface area contributed by atoms with Gasteiger partial charge in [-0.15, -0.1) is 0 Å². The number of nitrogens with one attached hydrogen (secondary N) is 2. The van der Waals surface area contributed by atoms with E-state index in [-0.39, 0.29) is 10.8 Å². The number of aryl methyl sites for hydroxylation is 1. The summed E-state index contributed by atoms with van der Waals surface area (Å²) in [4.78, 5) is 16.2. The van der Waals surface area contributed by atoms with Crippen molar-refractivity contribution >= 4 is 21.7 Å². The predicted molar refractivity (Wildman–Crippen MR) is 79.6 cm³/mol. The van der Waals surface area contributed by atoms with Crippen LogP contribution in [0.3, 0.4) is 0 Å². The number of nitrogens with zero attached hydrogens (tertiary/aromatic N) is 1. The fourth-order valence-corrected chi connectivity index (χ4v) is 2.36. The van der Waals surface area contributed by atoms with E-state index in [1.165, 1.54) is 31.3 Å². The van der Waals surface area contributed by atoms with Gasteiger partial charge in [-0.25, -0.2) is 18.1 Å². The van der Waals surface area contributed by atoms with Crippen LogP contribution in [0, 0.1) is 6.92 Å². The number of benzene rings is 1. The molecule has 0 aliphatic heterocycles. The Labute approximate surface area is 123 Å². The second kappa shape index (κ2) is 6.02. The van der Waals surface area contributed by atoms with E-state index < -0.39 is 10.0 Å². The summed E-state index contributed by atoms with van der Waals surface area (Å²) < 4.78 is 25.4. The SMILES string of the molecule is CNS(=O)(=O)c1ccc(C(=O)Nc2ccc(C)cn2)cc1. The van der Waals surface area contributed by atoms with Crippen LogP contribution in [0.2, 0.25) is 0 Å². The molecule has 0 bridgehead atoms. The van der Waals surface area contributed by atoms with E-state index in [0.29, 0.717) is 11.4 Å². The molecule has 2 aromatic rings. The Balaban J connectivity index is 2.15. The van der Waals surface area contributed by atoms with Gasteiger partial charge in [-0.3, -0.25) is 4.79 Å². The molecule has 1 amide bonds. The minimum atomic E-state index is -3.50. The van der Waals surface area contributed by atoms with Crippen LogP contribution < -0.4 is 10.0 Å². The quantitative estimate of drug-likeness (QED) is 0.897. The summed E-state index contributed by atoms with van der Waals surface area (Å²) in [5.41, 5.74) is 1.35. The average Bonchev–Trinajstić information content (AvgIpc) is 2.49. The first kappa shape index (κ1) is 15.1. The van der Waals surface area contributed by atoms with E-state index in [9.17, 15) is 13.2 Å². The topological polar surface area (TPSA) is 88.2 Å². The van der Waals surface area contributed by atoms with Gasteiger partial charge < -0.3 is 5.32 Å². The van der Waals surface area contributed by atoms with E-state index in [2.05, 4.69) is 15.0 Å². The van der Waals surface area contributed by atoms with Gasteiger partial charge in [-0.05, 0) is 49.9 Å². The van der Waals surface area contributed by atoms with Gasteiger partial charge in [0.25, 0.3) is 5.91 Å². The monoisotopic (exact) mass is 305 g/mol. The Hall–Kier alpha value is -2.25. The molecule has 6 nitrogen and oxygen atoms in total. The summed E-state index contributed by atoms with van der Waals surface area (Å²) in [6.07, 6.45) is 1.65. The van der Waals surface area contributed by atoms with Gasteiger partial charge in [0.05, 0.1) is 4.90 Å². The van der Waals surface area contributed by atoms with E-state index in [4.69, 9.17) is 0 Å². The van der Waals surface area contributed by atoms with E-state index in [0.717, 1.165) is 5.56 Å². The van der Waals surface area contributed by atoms with Gasteiger partial charge in [0.15, 0.2) is 0 Å². The number of hydrogen-bond donors (Lipinski definition) is 2. The second-order valence-corrected chi connectivity index (χ2v) is 6.29. The molecule has 0 aliphatic rings. The van der Waals surface area contributed by atoms with Crippen LogP contribution in [0.1, 0.15) is 15.9 Å². The third-order valence-corrected chi connectivity index (χ3v) is 4.28. The fraction of sp³-hybridized carbons (Fsp3) is 0.143. The molecule has 0 spiro atoms. The third-order valence-electron chi connectivity index (χ3n) is 2.85. The number of pyridine rings is 1. The zero-order valence-electron chi connectivity index (χ0n) is 11.6. The van der Waals surface area contributed by atoms with Gasteiger partial charge in [-0.1, -0.05) is 6.07 Å². The minimum absolute atomic E-state index is 0.106. The number of carbonyl (C=O) groups excluding carboxylic acids is 1. The number of hydrogen-bond acceptors (Lipinski definition) is 4. The maximum atomic E-state index is 12.0. The van der Waals surface area contributed by atoms with Crippen LogP contribution in [0.15, 0.2) is 47.5 Å². The van der Waals surface area contributed by atoms with Crippen LogP contribution in [0.4, 0.5) is 5.82 Å². The number of anilines is 1. The van der Waals surface area contributed by atoms with E-state index >= 15 is 0 Å². The maximum absolute atomic E-state index is 12.0. The third kappa shape index (κ3) is 3.65. The van der Waals surface area contributed by atoms with Gasteiger partial charge in [0.2, 0.25) is 10.0 Å². The number of amides is 1. The van der Waals surface area contributed by atoms with Crippen molar-refractivity contribution in [3.8, 4) is 0 Å². The Morgan fingerprint density at radius 2 is 1.76 bits per heavy atom. The van der Waals surface area contributed by atoms with Gasteiger partial charge in [0, 0.05) is 11.8 Å². The van der Waals surface area contributed by atoms with E-state index in [1.54, 1.807) is 12.3 Å². The molecule has 1 aromatic carbocycles. The summed E-state index contributed by atoms with van der Waals surface area (Å²) in [6.45, 7) is 1.90. The molecule has 0 saturated carbocycles. The molecule has 0 unspecified atom stereocenters. The van der Waals surface area contributed by atoms with Crippen molar-refractivity contribution in [1.82, 2.24) is 9.71 Å². The lowest BCUT2D eigenvalue weighted by Gasteiger charge is -2.06. The Kier molecular flexibility index (Phi) is 4.35. The summed E-state index contributed by atoms with van der Waals surface area (Å²) in [5, 5.41) is 2.64. The van der Waals surface area contributed by atoms with Gasteiger partial charge in [-0.2, -0.15) is 0 Å². The van der Waals surface area contributed by atoms with Crippen LogP contribution in [-0.2, 0) is 10.0 Å². The molecule has 0 aliphatic carbocycles. The Morgan fingerprint density at radius 3 is 2.29 bits per heavy atom. The van der Waals surface area contributed by atoms with Crippen molar-refractivity contribution in [2.75, 3.05) is 12.4 Å². The van der Waals surface area contributed by atoms with Crippen LogP contribution in [0.5, 0.6) is 0 Å². The second-order valence-electron chi connectivity index (χ2n) is 4.41. The molecule has 0 fully saturated rings. The van der Waals surface area contributed by atoms with Crippen molar-refractivity contribution in [3.63, 3.8) is 0 Å². The molecular formula is C14H15N3O3S. The van der Waals surface area contributed by atoms with Crippen LogP contribution in [0.25, 0.3) is 0 Å². The number of carbonyl (C=O) groups is 1. The van der Waals surface area contributed by atoms with Gasteiger partial charge >= 0.3 is 0 Å². The molecular weight excluding hydrogens is 290 g/mol. The first-order valence-electron chi connectivity index (χ1n) is 6.20. The molecule has 2 rings (SSSR count). The smallest absolute Gasteiger partial charge is 0.256 e. The summed E-state index contributed by atoms with van der Waals surface area (Å²) in [7, 11) is -2.17. The van der Waals surface area contributed by atoms with Crippen molar-refractivity contribution < 1.29 is 13.2 Å². The van der Waals surface area contributed by atoms with Crippen molar-refractivity contribution in [2.45, 2.75) is 11.8 Å². The first-order valence-corrected chi connectivity index (χ1v) is 7.68. The molecule has 0 saturated heterocycles. The van der Waals surface area contributed by atoms with Crippen LogP contribution in [-0.4, -0.2) is 26.4 Å². The van der Waals surface area contributed by atoms with Crippen molar-refractivity contribution in [1.29, 1.82) is 0 Å². The molecule has 7 heteroatoms. The molecule has 2 N–H and O–H groups in total. The Bertz CT molecular complexity index is 738. The lowest BCUT2D eigenvalue weighted by molar-refractivity contribution is 0.102. The molecule has 0 atom stereocenters. The molecule has 1 heterocycles. The maximum Gasteiger partial charge on any atom is 0.256 e. The number of aromatic nitrogens is 1. The van der Waals surface area contributed by atoms with E-state index in [1.807, 2.05) is 13.0 Å². The predicted octanol–water partition coefficient (Wildman–Crippen LogP) is 1.55. The molecule has 21 heavy (non-hydrogen) atoms. The average molecular weight is 305 g/mol. The highest BCUT2D eigenvalue weighted by Gasteiger charge is 2.12. The van der Waals surface area contributed by atoms with Crippen molar-refractivity contribution in [3.05, 3.63) is 53.7 Å². The molecule has 110 valence electrons. The normalized spacial score (nSPS) is 11.1. The highest BCUT2D eigenvalue weighted by molar-refractivity contribution is 7.89. The standard InChI is InChI=1S/C14H15N3O3S/c1-10-3-8-13(16-9-10)17-14(18)11-4-6-12(7-5-11)21(19,20)15-2/h3-9,15H,1-2H3,(H,16,17,18). The van der Waals surface area contributed by atoms with Crippen LogP contribution >= 0.6 is 0 Å². The molecule has 0 radical (unpaired) electrons. The van der Waals surface area contributed by atoms with Gasteiger partial charge in [0.1, 0.15) is 5.82 Å². The minimum Gasteiger partial charge on any atom is -0.307 e. The largest absolute Gasteiger partial charge is 0.307 e. The molecule has 1 aromatic heterocycles. The first-order chi connectivity index (χ1) is 9.92. The summed E-state index contributed by atoms with van der Waals surface area (Å²) in [6, 6.07) is 9.20. The Morgan fingerprint density at radius 1 is 1.10 bits per heavy atom. The zero-order chi connectivity index (χ0) is 15.5. The van der Waals surface area contributed by atoms with Crippen molar-refractivity contribution in [2.24, 2.45) is 0 Å². The summed E-state index contributed by atoms with van der Waals surface area (Å²) in [5.74, 6) is 0.0947. The number of sulfonamides is 1. The zero-order valence-corrected chi connectivity index (χ0v) is 12.4. The lowest BCUT2D eigenvalue weighted by Crippen LogP contribution is -2.19. The lowest BCUT2D eigenvalue weighted by atomic mass is 10.2. The highest BCUT2D eigenvalue weighted by Crippen LogP contribution is 2.12. The summed E-state index contributed by atoms with van der Waals surface area (Å²) >= 11 is 0. The fourth-order valence-electron chi connectivity index (χ4n) is 1.63. The highest BCUT2D eigenvalue weighted by atomic mass is 32.2.